The Morgan fingerprint density at radius 2 is 2.00 bits per heavy atom. The van der Waals surface area contributed by atoms with Crippen molar-refractivity contribution in [3.05, 3.63) is 29.1 Å². The van der Waals surface area contributed by atoms with E-state index >= 15 is 0 Å². The maximum absolute atomic E-state index is 12.2. The van der Waals surface area contributed by atoms with Gasteiger partial charge in [0.2, 0.25) is 0 Å². The van der Waals surface area contributed by atoms with E-state index in [2.05, 4.69) is 17.2 Å². The van der Waals surface area contributed by atoms with E-state index in [9.17, 15) is 9.90 Å². The second-order valence-corrected chi connectivity index (χ2v) is 5.51. The number of aliphatic hydroxyl groups is 1. The van der Waals surface area contributed by atoms with Gasteiger partial charge >= 0.3 is 0 Å². The van der Waals surface area contributed by atoms with Crippen LogP contribution in [0.1, 0.15) is 47.9 Å². The summed E-state index contributed by atoms with van der Waals surface area (Å²) < 4.78 is 0. The van der Waals surface area contributed by atoms with Gasteiger partial charge in [0.25, 0.3) is 5.91 Å². The van der Waals surface area contributed by atoms with Gasteiger partial charge in [-0.2, -0.15) is 0 Å². The van der Waals surface area contributed by atoms with Crippen molar-refractivity contribution in [3.8, 4) is 0 Å². The van der Waals surface area contributed by atoms with Crippen molar-refractivity contribution in [2.24, 2.45) is 5.92 Å². The van der Waals surface area contributed by atoms with Crippen LogP contribution in [0.5, 0.6) is 0 Å². The highest BCUT2D eigenvalue weighted by Gasteiger charge is 2.33. The maximum atomic E-state index is 12.2. The Morgan fingerprint density at radius 3 is 2.47 bits per heavy atom. The third kappa shape index (κ3) is 3.32. The van der Waals surface area contributed by atoms with Crippen LogP contribution in [0.4, 0.5) is 0 Å². The first-order valence-electron chi connectivity index (χ1n) is 6.93. The molecule has 0 radical (unpaired) electrons. The number of hydrogen-bond acceptors (Lipinski definition) is 3. The van der Waals surface area contributed by atoms with Gasteiger partial charge in [-0.25, -0.2) is 0 Å². The van der Waals surface area contributed by atoms with Crippen LogP contribution in [0.2, 0.25) is 0 Å². The molecule has 0 bridgehead atoms. The molecule has 1 aromatic heterocycles. The molecular formula is C15H22N2O2. The average Bonchev–Trinajstić information content (AvgIpc) is 2.31. The van der Waals surface area contributed by atoms with Gasteiger partial charge in [-0.3, -0.25) is 9.78 Å². The Balaban J connectivity index is 2.02. The number of aliphatic hydroxyl groups excluding tert-OH is 1. The highest BCUT2D eigenvalue weighted by molar-refractivity contribution is 5.94. The maximum Gasteiger partial charge on any atom is 0.251 e. The van der Waals surface area contributed by atoms with Gasteiger partial charge in [-0.15, -0.1) is 0 Å². The Kier molecular flexibility index (Phi) is 4.20. The summed E-state index contributed by atoms with van der Waals surface area (Å²) in [5.41, 5.74) is 2.39. The molecule has 0 aromatic carbocycles. The number of hydrogen-bond donors (Lipinski definition) is 2. The zero-order valence-electron chi connectivity index (χ0n) is 11.8. The summed E-state index contributed by atoms with van der Waals surface area (Å²) in [5, 5.41) is 12.4. The van der Waals surface area contributed by atoms with Gasteiger partial charge in [0.05, 0.1) is 6.10 Å². The first kappa shape index (κ1) is 14.0. The second-order valence-electron chi connectivity index (χ2n) is 5.51. The van der Waals surface area contributed by atoms with Crippen molar-refractivity contribution >= 4 is 5.91 Å². The van der Waals surface area contributed by atoms with Gasteiger partial charge in [0.1, 0.15) is 0 Å². The van der Waals surface area contributed by atoms with Crippen LogP contribution in [0, 0.1) is 19.8 Å². The van der Waals surface area contributed by atoms with Gasteiger partial charge in [0.15, 0.2) is 0 Å². The summed E-state index contributed by atoms with van der Waals surface area (Å²) in [6.45, 7) is 5.85. The molecule has 4 nitrogen and oxygen atoms in total. The highest BCUT2D eigenvalue weighted by atomic mass is 16.3. The number of carbonyl (C=O) groups is 1. The smallest absolute Gasteiger partial charge is 0.251 e. The molecule has 0 spiro atoms. The lowest BCUT2D eigenvalue weighted by molar-refractivity contribution is 0.0232. The molecule has 1 atom stereocenters. The third-order valence-electron chi connectivity index (χ3n) is 3.82. The summed E-state index contributed by atoms with van der Waals surface area (Å²) in [7, 11) is 0. The van der Waals surface area contributed by atoms with E-state index in [1.165, 1.54) is 0 Å². The monoisotopic (exact) mass is 262 g/mol. The van der Waals surface area contributed by atoms with Crippen molar-refractivity contribution in [3.63, 3.8) is 0 Å². The molecule has 0 saturated heterocycles. The van der Waals surface area contributed by atoms with Crippen molar-refractivity contribution in [1.29, 1.82) is 0 Å². The van der Waals surface area contributed by atoms with E-state index in [0.717, 1.165) is 30.7 Å². The van der Waals surface area contributed by atoms with Crippen molar-refractivity contribution in [2.75, 3.05) is 0 Å². The number of nitrogens with one attached hydrogen (secondary N) is 1. The molecule has 4 heteroatoms. The number of nitrogens with zero attached hydrogens (tertiary/aromatic N) is 1. The third-order valence-corrected chi connectivity index (χ3v) is 3.82. The summed E-state index contributed by atoms with van der Waals surface area (Å²) in [6.07, 6.45) is 2.31. The number of rotatable bonds is 4. The van der Waals surface area contributed by atoms with Crippen LogP contribution in [-0.4, -0.2) is 28.1 Å². The van der Waals surface area contributed by atoms with Crippen LogP contribution >= 0.6 is 0 Å². The van der Waals surface area contributed by atoms with Crippen molar-refractivity contribution < 1.29 is 9.90 Å². The van der Waals surface area contributed by atoms with Crippen LogP contribution < -0.4 is 5.32 Å². The lowest BCUT2D eigenvalue weighted by atomic mass is 9.76. The molecule has 1 aromatic rings. The highest BCUT2D eigenvalue weighted by Crippen LogP contribution is 2.31. The Bertz CT molecular complexity index is 447. The molecule has 1 heterocycles. The first-order chi connectivity index (χ1) is 8.99. The molecular weight excluding hydrogens is 240 g/mol. The van der Waals surface area contributed by atoms with Crippen molar-refractivity contribution in [2.45, 2.75) is 52.2 Å². The number of carbonyl (C=O) groups excluding carboxylic acids is 1. The van der Waals surface area contributed by atoms with E-state index in [-0.39, 0.29) is 18.1 Å². The van der Waals surface area contributed by atoms with Crippen LogP contribution in [-0.2, 0) is 0 Å². The molecule has 104 valence electrons. The van der Waals surface area contributed by atoms with Gasteiger partial charge in [-0.1, -0.05) is 6.92 Å². The second kappa shape index (κ2) is 5.70. The topological polar surface area (TPSA) is 62.2 Å². The zero-order valence-corrected chi connectivity index (χ0v) is 11.8. The molecule has 0 unspecified atom stereocenters. The minimum atomic E-state index is -0.179. The van der Waals surface area contributed by atoms with E-state index in [0.29, 0.717) is 11.5 Å². The van der Waals surface area contributed by atoms with E-state index in [1.54, 1.807) is 0 Å². The average molecular weight is 262 g/mol. The Hall–Kier alpha value is -1.42. The molecule has 1 aliphatic rings. The molecule has 1 amide bonds. The lowest BCUT2D eigenvalue weighted by Gasteiger charge is -2.37. The largest absolute Gasteiger partial charge is 0.393 e. The normalized spacial score (nSPS) is 23.6. The minimum absolute atomic E-state index is 0.0400. The first-order valence-corrected chi connectivity index (χ1v) is 6.93. The summed E-state index contributed by atoms with van der Waals surface area (Å²) in [5.74, 6) is 0.370. The van der Waals surface area contributed by atoms with Gasteiger partial charge in [-0.05, 0) is 51.2 Å². The number of aryl methyl sites for hydroxylation is 2. The molecule has 1 aliphatic carbocycles. The van der Waals surface area contributed by atoms with Gasteiger partial charge in [0, 0.05) is 23.0 Å². The Morgan fingerprint density at radius 1 is 1.42 bits per heavy atom. The van der Waals surface area contributed by atoms with E-state index < -0.39 is 0 Å². The van der Waals surface area contributed by atoms with Gasteiger partial charge < -0.3 is 10.4 Å². The standard InChI is InChI=1S/C15H22N2O2/c1-4-14(11-7-13(18)8-11)17-15(19)12-5-9(2)16-10(3)6-12/h5-6,11,13-14,18H,4,7-8H2,1-3H3,(H,17,19)/t11?,13?,14-/m0/s1. The summed E-state index contributed by atoms with van der Waals surface area (Å²) >= 11 is 0. The number of pyridine rings is 1. The predicted octanol–water partition coefficient (Wildman–Crippen LogP) is 1.98. The fraction of sp³-hybridized carbons (Fsp3) is 0.600. The number of amides is 1. The fourth-order valence-corrected chi connectivity index (χ4v) is 2.73. The Labute approximate surface area is 114 Å². The minimum Gasteiger partial charge on any atom is -0.393 e. The summed E-state index contributed by atoms with van der Waals surface area (Å²) in [6, 6.07) is 3.78. The van der Waals surface area contributed by atoms with Crippen LogP contribution in [0.3, 0.4) is 0 Å². The van der Waals surface area contributed by atoms with Crippen LogP contribution in [0.15, 0.2) is 12.1 Å². The van der Waals surface area contributed by atoms with E-state index in [4.69, 9.17) is 0 Å². The zero-order chi connectivity index (χ0) is 14.0. The molecule has 0 aliphatic heterocycles. The molecule has 19 heavy (non-hydrogen) atoms. The molecule has 1 saturated carbocycles. The SMILES string of the molecule is CC[C@H](NC(=O)c1cc(C)nc(C)c1)C1CC(O)C1. The van der Waals surface area contributed by atoms with E-state index in [1.807, 2.05) is 26.0 Å². The van der Waals surface area contributed by atoms with Crippen molar-refractivity contribution in [1.82, 2.24) is 10.3 Å². The predicted molar refractivity (Wildman–Crippen MR) is 74.0 cm³/mol. The lowest BCUT2D eigenvalue weighted by Crippen LogP contribution is -2.46. The number of aromatic nitrogens is 1. The quantitative estimate of drug-likeness (QED) is 0.872. The summed E-state index contributed by atoms with van der Waals surface area (Å²) in [4.78, 5) is 16.5. The molecule has 2 rings (SSSR count). The molecule has 2 N–H and O–H groups in total. The van der Waals surface area contributed by atoms with Crippen LogP contribution in [0.25, 0.3) is 0 Å². The molecule has 1 fully saturated rings. The fourth-order valence-electron chi connectivity index (χ4n) is 2.73.